The maximum Gasteiger partial charge on any atom is 0.138 e. The Balaban J connectivity index is 2.09. The third-order valence-corrected chi connectivity index (χ3v) is 3.17. The second-order valence-electron chi connectivity index (χ2n) is 4.99. The molecule has 110 valence electrons. The Morgan fingerprint density at radius 1 is 1.10 bits per heavy atom. The first kappa shape index (κ1) is 15.1. The number of nitrogens with one attached hydrogen (secondary N) is 1. The van der Waals surface area contributed by atoms with Crippen molar-refractivity contribution in [2.24, 2.45) is 5.73 Å². The van der Waals surface area contributed by atoms with Crippen LogP contribution in [0.3, 0.4) is 0 Å². The van der Waals surface area contributed by atoms with Gasteiger partial charge in [0.15, 0.2) is 0 Å². The number of nitrogens with two attached hydrogens (primary N) is 1. The molecule has 2 rings (SSSR count). The molecule has 0 aliphatic rings. The quantitative estimate of drug-likeness (QED) is 0.657. The highest BCUT2D eigenvalue weighted by atomic mass is 19.1. The molecule has 0 spiro atoms. The Bertz CT molecular complexity index is 638. The van der Waals surface area contributed by atoms with Gasteiger partial charge in [0.05, 0.1) is 5.56 Å². The van der Waals surface area contributed by atoms with Crippen molar-refractivity contribution < 1.29 is 8.78 Å². The molecule has 0 aromatic heterocycles. The van der Waals surface area contributed by atoms with Crippen LogP contribution < -0.4 is 5.73 Å². The summed E-state index contributed by atoms with van der Waals surface area (Å²) in [7, 11) is 1.85. The Hall–Kier alpha value is -2.27. The topological polar surface area (TPSA) is 53.1 Å². The van der Waals surface area contributed by atoms with Crippen LogP contribution >= 0.6 is 0 Å². The molecule has 0 heterocycles. The molecule has 0 unspecified atom stereocenters. The van der Waals surface area contributed by atoms with Crippen molar-refractivity contribution in [2.45, 2.75) is 13.1 Å². The van der Waals surface area contributed by atoms with E-state index in [2.05, 4.69) is 0 Å². The van der Waals surface area contributed by atoms with E-state index in [0.717, 1.165) is 5.56 Å². The molecule has 21 heavy (non-hydrogen) atoms. The van der Waals surface area contributed by atoms with Gasteiger partial charge in [-0.25, -0.2) is 8.78 Å². The van der Waals surface area contributed by atoms with Crippen LogP contribution in [0.5, 0.6) is 0 Å². The van der Waals surface area contributed by atoms with E-state index >= 15 is 0 Å². The van der Waals surface area contributed by atoms with Crippen molar-refractivity contribution in [2.75, 3.05) is 7.05 Å². The van der Waals surface area contributed by atoms with E-state index in [1.165, 1.54) is 18.2 Å². The minimum Gasteiger partial charge on any atom is -0.384 e. The van der Waals surface area contributed by atoms with Crippen LogP contribution in [0, 0.1) is 17.0 Å². The monoisotopic (exact) mass is 289 g/mol. The van der Waals surface area contributed by atoms with Crippen molar-refractivity contribution >= 4 is 5.84 Å². The number of nitrogens with zero attached hydrogens (tertiary/aromatic N) is 1. The van der Waals surface area contributed by atoms with E-state index < -0.39 is 5.82 Å². The molecular formula is C16H17F2N3. The summed E-state index contributed by atoms with van der Waals surface area (Å²) in [5, 5.41) is 7.34. The van der Waals surface area contributed by atoms with Crippen molar-refractivity contribution in [3.63, 3.8) is 0 Å². The first-order chi connectivity index (χ1) is 9.97. The van der Waals surface area contributed by atoms with Crippen LogP contribution in [0.25, 0.3) is 0 Å². The summed E-state index contributed by atoms with van der Waals surface area (Å²) in [5.41, 5.74) is 6.89. The number of amidine groups is 1. The first-order valence-electron chi connectivity index (χ1n) is 6.52. The zero-order valence-corrected chi connectivity index (χ0v) is 11.7. The molecule has 0 bridgehead atoms. The van der Waals surface area contributed by atoms with E-state index in [1.807, 2.05) is 11.9 Å². The van der Waals surface area contributed by atoms with E-state index in [9.17, 15) is 8.78 Å². The molecule has 3 N–H and O–H groups in total. The SMILES string of the molecule is CN(Cc1ccc(F)cc1)Cc1cccc(C(=N)N)c1F. The van der Waals surface area contributed by atoms with E-state index in [4.69, 9.17) is 11.1 Å². The minimum absolute atomic E-state index is 0.114. The lowest BCUT2D eigenvalue weighted by atomic mass is 10.1. The normalized spacial score (nSPS) is 10.9. The van der Waals surface area contributed by atoms with Gasteiger partial charge in [0.25, 0.3) is 0 Å². The maximum absolute atomic E-state index is 14.2. The molecule has 0 aliphatic heterocycles. The second kappa shape index (κ2) is 6.45. The Morgan fingerprint density at radius 2 is 1.76 bits per heavy atom. The molecule has 2 aromatic carbocycles. The summed E-state index contributed by atoms with van der Waals surface area (Å²) >= 11 is 0. The highest BCUT2D eigenvalue weighted by Gasteiger charge is 2.12. The molecule has 0 aliphatic carbocycles. The van der Waals surface area contributed by atoms with Crippen LogP contribution in [0.4, 0.5) is 8.78 Å². The number of benzene rings is 2. The van der Waals surface area contributed by atoms with Gasteiger partial charge in [-0.15, -0.1) is 0 Å². The molecular weight excluding hydrogens is 272 g/mol. The van der Waals surface area contributed by atoms with Crippen LogP contribution in [-0.4, -0.2) is 17.8 Å². The lowest BCUT2D eigenvalue weighted by molar-refractivity contribution is 0.313. The third kappa shape index (κ3) is 3.86. The molecule has 2 aromatic rings. The Kier molecular flexibility index (Phi) is 4.65. The molecule has 0 radical (unpaired) electrons. The van der Waals surface area contributed by atoms with Gasteiger partial charge in [0, 0.05) is 18.7 Å². The predicted octanol–water partition coefficient (Wildman–Crippen LogP) is 2.88. The van der Waals surface area contributed by atoms with Gasteiger partial charge >= 0.3 is 0 Å². The number of nitrogen functional groups attached to an aromatic ring is 1. The highest BCUT2D eigenvalue weighted by molar-refractivity contribution is 5.95. The lowest BCUT2D eigenvalue weighted by Gasteiger charge is -2.18. The fraction of sp³-hybridized carbons (Fsp3) is 0.188. The smallest absolute Gasteiger partial charge is 0.138 e. The standard InChI is InChI=1S/C16H17F2N3/c1-21(9-11-5-7-13(17)8-6-11)10-12-3-2-4-14(15(12)18)16(19)20/h2-8H,9-10H2,1H3,(H3,19,20). The molecule has 0 amide bonds. The predicted molar refractivity (Wildman–Crippen MR) is 79.0 cm³/mol. The zero-order valence-electron chi connectivity index (χ0n) is 11.7. The van der Waals surface area contributed by atoms with E-state index in [-0.39, 0.29) is 17.2 Å². The van der Waals surface area contributed by atoms with Crippen LogP contribution in [0.1, 0.15) is 16.7 Å². The van der Waals surface area contributed by atoms with Gasteiger partial charge in [-0.05, 0) is 30.8 Å². The van der Waals surface area contributed by atoms with Gasteiger partial charge in [-0.2, -0.15) is 0 Å². The largest absolute Gasteiger partial charge is 0.384 e. The molecule has 0 atom stereocenters. The molecule has 3 nitrogen and oxygen atoms in total. The highest BCUT2D eigenvalue weighted by Crippen LogP contribution is 2.15. The van der Waals surface area contributed by atoms with Crippen molar-refractivity contribution in [1.82, 2.24) is 4.90 Å². The Labute approximate surface area is 122 Å². The number of hydrogen-bond donors (Lipinski definition) is 2. The molecule has 0 fully saturated rings. The second-order valence-corrected chi connectivity index (χ2v) is 4.99. The summed E-state index contributed by atoms with van der Waals surface area (Å²) in [6.07, 6.45) is 0. The van der Waals surface area contributed by atoms with Gasteiger partial charge in [-0.3, -0.25) is 10.3 Å². The summed E-state index contributed by atoms with van der Waals surface area (Å²) in [4.78, 5) is 1.91. The summed E-state index contributed by atoms with van der Waals surface area (Å²) in [5.74, 6) is -1.02. The number of halogens is 2. The van der Waals surface area contributed by atoms with E-state index in [0.29, 0.717) is 18.7 Å². The number of hydrogen-bond acceptors (Lipinski definition) is 2. The minimum atomic E-state index is -0.462. The van der Waals surface area contributed by atoms with Gasteiger partial charge in [0.2, 0.25) is 0 Å². The fourth-order valence-electron chi connectivity index (χ4n) is 2.16. The third-order valence-electron chi connectivity index (χ3n) is 3.17. The van der Waals surface area contributed by atoms with Crippen LogP contribution in [0.15, 0.2) is 42.5 Å². The lowest BCUT2D eigenvalue weighted by Crippen LogP contribution is -2.20. The van der Waals surface area contributed by atoms with Crippen molar-refractivity contribution in [3.8, 4) is 0 Å². The van der Waals surface area contributed by atoms with Crippen molar-refractivity contribution in [3.05, 3.63) is 70.8 Å². The summed E-state index contributed by atoms with van der Waals surface area (Å²) in [6.45, 7) is 0.953. The molecule has 0 saturated heterocycles. The molecule has 5 heteroatoms. The van der Waals surface area contributed by atoms with Crippen LogP contribution in [0.2, 0.25) is 0 Å². The molecule has 0 saturated carbocycles. The van der Waals surface area contributed by atoms with Gasteiger partial charge < -0.3 is 5.73 Å². The van der Waals surface area contributed by atoms with Gasteiger partial charge in [-0.1, -0.05) is 24.3 Å². The fourth-order valence-corrected chi connectivity index (χ4v) is 2.16. The van der Waals surface area contributed by atoms with Crippen molar-refractivity contribution in [1.29, 1.82) is 5.41 Å². The Morgan fingerprint density at radius 3 is 2.38 bits per heavy atom. The van der Waals surface area contributed by atoms with Crippen LogP contribution in [-0.2, 0) is 13.1 Å². The summed E-state index contributed by atoms with van der Waals surface area (Å²) < 4.78 is 27.0. The average Bonchev–Trinajstić information content (AvgIpc) is 2.43. The maximum atomic E-state index is 14.2. The first-order valence-corrected chi connectivity index (χ1v) is 6.52. The zero-order chi connectivity index (χ0) is 15.4. The average molecular weight is 289 g/mol. The number of rotatable bonds is 5. The summed E-state index contributed by atoms with van der Waals surface area (Å²) in [6, 6.07) is 11.0. The van der Waals surface area contributed by atoms with E-state index in [1.54, 1.807) is 24.3 Å². The van der Waals surface area contributed by atoms with Gasteiger partial charge in [0.1, 0.15) is 17.5 Å².